The molecule has 0 unspecified atom stereocenters. The molecule has 15 heavy (non-hydrogen) atoms. The third-order valence-corrected chi connectivity index (χ3v) is 0.820. The number of hydrogen-bond acceptors (Lipinski definition) is 2. The predicted molar refractivity (Wildman–Crippen MR) is 24.1 cm³/mol. The molecule has 0 rings (SSSR count). The summed E-state index contributed by atoms with van der Waals surface area (Å²) in [6.07, 6.45) is -18.5. The van der Waals surface area contributed by atoms with E-state index in [2.05, 4.69) is 0 Å². The van der Waals surface area contributed by atoms with E-state index in [0.717, 1.165) is 0 Å². The molecule has 0 aliphatic rings. The Morgan fingerprint density at radius 2 is 1.13 bits per heavy atom. The zero-order valence-corrected chi connectivity index (χ0v) is 6.30. The maximum atomic E-state index is 11.9. The molecule has 0 spiro atoms. The number of halogens is 9. The first-order valence-corrected chi connectivity index (χ1v) is 2.86. The molecule has 0 saturated heterocycles. The van der Waals surface area contributed by atoms with Crippen molar-refractivity contribution in [2.24, 2.45) is 0 Å². The summed E-state index contributed by atoms with van der Waals surface area (Å²) in [7, 11) is 0. The van der Waals surface area contributed by atoms with Gasteiger partial charge in [0.2, 0.25) is 0 Å². The van der Waals surface area contributed by atoms with E-state index in [9.17, 15) is 39.5 Å². The van der Waals surface area contributed by atoms with Crippen molar-refractivity contribution in [2.75, 3.05) is 0 Å². The summed E-state index contributed by atoms with van der Waals surface area (Å²) in [5.74, 6) is 0. The molecule has 0 bridgehead atoms. The molecule has 0 saturated carbocycles. The second-order valence-corrected chi connectivity index (χ2v) is 1.96. The molecule has 0 radical (unpaired) electrons. The Labute approximate surface area is 75.6 Å². The van der Waals surface area contributed by atoms with Gasteiger partial charge in [-0.15, -0.1) is 13.2 Å². The second kappa shape index (κ2) is 4.04. The predicted octanol–water partition coefficient (Wildman–Crippen LogP) is 2.95. The number of rotatable bonds is 4. The molecule has 0 aromatic carbocycles. The van der Waals surface area contributed by atoms with Crippen molar-refractivity contribution in [3.63, 3.8) is 0 Å². The van der Waals surface area contributed by atoms with Crippen molar-refractivity contribution in [1.82, 2.24) is 0 Å². The third-order valence-electron chi connectivity index (χ3n) is 0.820. The molecule has 0 amide bonds. The Balaban J connectivity index is 4.69. The van der Waals surface area contributed by atoms with Crippen LogP contribution in [-0.2, 0) is 9.47 Å². The molecular weight excluding hydrogens is 251 g/mol. The Morgan fingerprint density at radius 1 is 0.733 bits per heavy atom. The van der Waals surface area contributed by atoms with E-state index in [-0.39, 0.29) is 0 Å². The van der Waals surface area contributed by atoms with E-state index in [4.69, 9.17) is 0 Å². The van der Waals surface area contributed by atoms with Crippen molar-refractivity contribution >= 4 is 0 Å². The fourth-order valence-corrected chi connectivity index (χ4v) is 0.385. The van der Waals surface area contributed by atoms with Crippen molar-refractivity contribution in [2.45, 2.75) is 25.2 Å². The number of ether oxygens (including phenoxy) is 2. The minimum Gasteiger partial charge on any atom is -0.251 e. The summed E-state index contributed by atoms with van der Waals surface area (Å²) in [5, 5.41) is 0. The van der Waals surface area contributed by atoms with Gasteiger partial charge in [0, 0.05) is 0 Å². The smallest absolute Gasteiger partial charge is 0.251 e. The summed E-state index contributed by atoms with van der Waals surface area (Å²) >= 11 is 0. The van der Waals surface area contributed by atoms with Gasteiger partial charge in [0.05, 0.1) is 0 Å². The third kappa shape index (κ3) is 4.55. The highest BCUT2D eigenvalue weighted by atomic mass is 19.4. The largest absolute Gasteiger partial charge is 0.527 e. The second-order valence-electron chi connectivity index (χ2n) is 1.96. The molecule has 0 aliphatic carbocycles. The van der Waals surface area contributed by atoms with E-state index in [0.29, 0.717) is 0 Å². The van der Waals surface area contributed by atoms with Gasteiger partial charge < -0.3 is 0 Å². The molecule has 92 valence electrons. The molecule has 0 N–H and O–H groups in total. The summed E-state index contributed by atoms with van der Waals surface area (Å²) in [6.45, 7) is -4.39. The van der Waals surface area contributed by atoms with Crippen LogP contribution < -0.4 is 0 Å². The molecule has 11 heteroatoms. The summed E-state index contributed by atoms with van der Waals surface area (Å²) < 4.78 is 107. The Morgan fingerprint density at radius 3 is 1.40 bits per heavy atom. The summed E-state index contributed by atoms with van der Waals surface area (Å²) in [4.78, 5) is 0. The normalized spacial score (nSPS) is 14.8. The highest BCUT2D eigenvalue weighted by molar-refractivity contribution is 4.66. The van der Waals surface area contributed by atoms with E-state index in [1.165, 1.54) is 0 Å². The van der Waals surface area contributed by atoms with Crippen LogP contribution in [0, 0.1) is 0 Å². The van der Waals surface area contributed by atoms with Crippen molar-refractivity contribution in [1.29, 1.82) is 0 Å². The zero-order valence-electron chi connectivity index (χ0n) is 6.30. The van der Waals surface area contributed by atoms with Gasteiger partial charge in [0.1, 0.15) is 0 Å². The van der Waals surface area contributed by atoms with Crippen LogP contribution in [0.2, 0.25) is 0 Å². The lowest BCUT2D eigenvalue weighted by atomic mass is 10.6. The van der Waals surface area contributed by atoms with Crippen LogP contribution in [0.25, 0.3) is 0 Å². The van der Waals surface area contributed by atoms with Gasteiger partial charge in [0.25, 0.3) is 0 Å². The van der Waals surface area contributed by atoms with Crippen LogP contribution in [0.5, 0.6) is 0 Å². The van der Waals surface area contributed by atoms with Crippen LogP contribution in [0.1, 0.15) is 0 Å². The van der Waals surface area contributed by atoms with Crippen LogP contribution >= 0.6 is 0 Å². The SMILES string of the molecule is FC(F)OC(F)(F)C(F)(F)OC(F)(F)F. The minimum atomic E-state index is -6.25. The Kier molecular flexibility index (Phi) is 3.85. The average Bonchev–Trinajstić information content (AvgIpc) is 1.75. The fraction of sp³-hybridized carbons (Fsp3) is 1.00. The Hall–Kier alpha value is -0.710. The van der Waals surface area contributed by atoms with Gasteiger partial charge in [-0.25, -0.2) is 4.74 Å². The lowest BCUT2D eigenvalue weighted by Gasteiger charge is -2.25. The zero-order chi connectivity index (χ0) is 12.5. The maximum absolute atomic E-state index is 11.9. The van der Waals surface area contributed by atoms with Crippen LogP contribution in [-0.4, -0.2) is 25.2 Å². The summed E-state index contributed by atoms with van der Waals surface area (Å²) in [5.41, 5.74) is 0. The molecule has 0 aromatic rings. The monoisotopic (exact) mass is 252 g/mol. The molecule has 0 aliphatic heterocycles. The molecule has 2 nitrogen and oxygen atoms in total. The standard InChI is InChI=1S/C4HF9O2/c5-1(6)14-2(7,8)3(9,10)15-4(11,12)13/h1H. The van der Waals surface area contributed by atoms with E-state index < -0.39 is 25.2 Å². The number of hydrogen-bond donors (Lipinski definition) is 0. The lowest BCUT2D eigenvalue weighted by molar-refractivity contribution is -0.517. The van der Waals surface area contributed by atoms with Crippen LogP contribution in [0.3, 0.4) is 0 Å². The van der Waals surface area contributed by atoms with E-state index >= 15 is 0 Å². The van der Waals surface area contributed by atoms with Crippen LogP contribution in [0.4, 0.5) is 39.5 Å². The first-order chi connectivity index (χ1) is 6.37. The average molecular weight is 252 g/mol. The first-order valence-electron chi connectivity index (χ1n) is 2.86. The molecule has 0 atom stereocenters. The van der Waals surface area contributed by atoms with Crippen molar-refractivity contribution < 1.29 is 49.0 Å². The highest BCUT2D eigenvalue weighted by Crippen LogP contribution is 2.41. The topological polar surface area (TPSA) is 18.5 Å². The van der Waals surface area contributed by atoms with Gasteiger partial charge in [-0.2, -0.15) is 26.3 Å². The van der Waals surface area contributed by atoms with E-state index in [1.54, 1.807) is 4.74 Å². The fourth-order valence-electron chi connectivity index (χ4n) is 0.385. The Bertz CT molecular complexity index is 209. The maximum Gasteiger partial charge on any atom is 0.527 e. The summed E-state index contributed by atoms with van der Waals surface area (Å²) in [6, 6.07) is 0. The molecule has 0 aromatic heterocycles. The lowest BCUT2D eigenvalue weighted by Crippen LogP contribution is -2.48. The van der Waals surface area contributed by atoms with Crippen molar-refractivity contribution in [3.05, 3.63) is 0 Å². The molecule has 0 heterocycles. The van der Waals surface area contributed by atoms with Gasteiger partial charge in [-0.1, -0.05) is 0 Å². The van der Waals surface area contributed by atoms with Gasteiger partial charge in [-0.3, -0.25) is 4.74 Å². The van der Waals surface area contributed by atoms with Crippen molar-refractivity contribution in [3.8, 4) is 0 Å². The van der Waals surface area contributed by atoms with Gasteiger partial charge >= 0.3 is 25.2 Å². The highest BCUT2D eigenvalue weighted by Gasteiger charge is 2.65. The molecular formula is C4HF9O2. The van der Waals surface area contributed by atoms with Gasteiger partial charge in [-0.05, 0) is 0 Å². The minimum absolute atomic E-state index is 1.65. The first kappa shape index (κ1) is 14.3. The quantitative estimate of drug-likeness (QED) is 0.716. The molecule has 0 fully saturated rings. The van der Waals surface area contributed by atoms with Gasteiger partial charge in [0.15, 0.2) is 0 Å². The van der Waals surface area contributed by atoms with E-state index in [1.807, 2.05) is 4.74 Å². The number of alkyl halides is 9. The van der Waals surface area contributed by atoms with Crippen LogP contribution in [0.15, 0.2) is 0 Å².